The number of carbonyl (C=O) groups is 1. The smallest absolute Gasteiger partial charge is 0.191 e. The van der Waals surface area contributed by atoms with Gasteiger partial charge in [-0.15, -0.1) is 10.2 Å². The molecule has 21 heavy (non-hydrogen) atoms. The first-order valence-electron chi connectivity index (χ1n) is 6.78. The molecule has 5 nitrogen and oxygen atoms in total. The zero-order valence-corrected chi connectivity index (χ0v) is 13.5. The quantitative estimate of drug-likeness (QED) is 0.606. The van der Waals surface area contributed by atoms with E-state index in [2.05, 4.69) is 10.2 Å². The largest absolute Gasteiger partial charge is 0.494 e. The van der Waals surface area contributed by atoms with Crippen LogP contribution >= 0.6 is 11.8 Å². The van der Waals surface area contributed by atoms with Gasteiger partial charge in [0.1, 0.15) is 11.6 Å². The van der Waals surface area contributed by atoms with E-state index in [9.17, 15) is 4.79 Å². The van der Waals surface area contributed by atoms with Gasteiger partial charge in [-0.25, -0.2) is 0 Å². The molecule has 2 rings (SSSR count). The zero-order chi connectivity index (χ0) is 15.4. The highest BCUT2D eigenvalue weighted by atomic mass is 32.2. The number of Topliss-reactive ketones (excluding diaryl/α,β-unsaturated/α-hetero) is 1. The molecule has 0 fully saturated rings. The van der Waals surface area contributed by atoms with Gasteiger partial charge in [-0.3, -0.25) is 4.79 Å². The van der Waals surface area contributed by atoms with E-state index in [-0.39, 0.29) is 5.78 Å². The molecule has 0 aliphatic heterocycles. The van der Waals surface area contributed by atoms with Gasteiger partial charge in [0.05, 0.1) is 6.61 Å². The number of hydrogen-bond donors (Lipinski definition) is 0. The Hall–Kier alpha value is -1.82. The Bertz CT molecular complexity index is 652. The topological polar surface area (TPSA) is 57.0 Å². The molecular weight excluding hydrogens is 286 g/mol. The van der Waals surface area contributed by atoms with Crippen LogP contribution in [-0.2, 0) is 12.8 Å². The Morgan fingerprint density at radius 2 is 2.14 bits per heavy atom. The molecule has 0 amide bonds. The molecule has 0 atom stereocenters. The second-order valence-corrected chi connectivity index (χ2v) is 5.63. The van der Waals surface area contributed by atoms with Crippen molar-refractivity contribution in [2.24, 2.45) is 7.05 Å². The van der Waals surface area contributed by atoms with E-state index < -0.39 is 0 Å². The molecule has 112 valence electrons. The Labute approximate surface area is 128 Å². The summed E-state index contributed by atoms with van der Waals surface area (Å²) in [6.45, 7) is 6.03. The highest BCUT2D eigenvalue weighted by Gasteiger charge is 2.11. The van der Waals surface area contributed by atoms with E-state index in [0.29, 0.717) is 17.9 Å². The molecule has 1 aromatic carbocycles. The minimum atomic E-state index is 0.0544. The number of hydrogen-bond acceptors (Lipinski definition) is 5. The van der Waals surface area contributed by atoms with Crippen molar-refractivity contribution in [3.05, 3.63) is 35.2 Å². The van der Waals surface area contributed by atoms with E-state index in [0.717, 1.165) is 22.3 Å². The number of rotatable bonds is 6. The lowest BCUT2D eigenvalue weighted by molar-refractivity contribution is 0.101. The van der Waals surface area contributed by atoms with E-state index >= 15 is 0 Å². The second kappa shape index (κ2) is 6.76. The minimum absolute atomic E-state index is 0.0544. The fraction of sp³-hybridized carbons (Fsp3) is 0.400. The summed E-state index contributed by atoms with van der Waals surface area (Å²) < 4.78 is 7.57. The third-order valence-corrected chi connectivity index (χ3v) is 4.25. The molecule has 0 radical (unpaired) electrons. The van der Waals surface area contributed by atoms with Crippen molar-refractivity contribution in [2.75, 3.05) is 6.61 Å². The number of thioether (sulfide) groups is 1. The summed E-state index contributed by atoms with van der Waals surface area (Å²) in [5, 5.41) is 9.02. The first-order chi connectivity index (χ1) is 10.0. The van der Waals surface area contributed by atoms with Crippen LogP contribution in [0.3, 0.4) is 0 Å². The molecular formula is C15H19N3O2S. The number of nitrogens with zero attached hydrogens (tertiary/aromatic N) is 3. The predicted molar refractivity (Wildman–Crippen MR) is 82.9 cm³/mol. The average Bonchev–Trinajstić information content (AvgIpc) is 2.78. The lowest BCUT2D eigenvalue weighted by Gasteiger charge is -2.11. The molecule has 1 heterocycles. The summed E-state index contributed by atoms with van der Waals surface area (Å²) in [5.74, 6) is 2.43. The number of ketones is 1. The Morgan fingerprint density at radius 3 is 2.71 bits per heavy atom. The summed E-state index contributed by atoms with van der Waals surface area (Å²) in [6, 6.07) is 5.55. The molecule has 0 saturated carbocycles. The molecule has 0 N–H and O–H groups in total. The van der Waals surface area contributed by atoms with Crippen molar-refractivity contribution < 1.29 is 9.53 Å². The summed E-state index contributed by atoms with van der Waals surface area (Å²) >= 11 is 1.58. The standard InChI is InChI=1S/C15H19N3O2S/c1-5-20-14-7-6-12(10(2)19)8-13(14)9-21-15-17-16-11(3)18(15)4/h6-8H,5,9H2,1-4H3. The SMILES string of the molecule is CCOc1ccc(C(C)=O)cc1CSc1nnc(C)n1C. The van der Waals surface area contributed by atoms with Crippen LogP contribution in [0, 0.1) is 6.92 Å². The van der Waals surface area contributed by atoms with Crippen molar-refractivity contribution in [3.63, 3.8) is 0 Å². The Balaban J connectivity index is 2.22. The van der Waals surface area contributed by atoms with Crippen molar-refractivity contribution in [1.82, 2.24) is 14.8 Å². The molecule has 1 aromatic heterocycles. The van der Waals surface area contributed by atoms with Crippen LogP contribution in [0.2, 0.25) is 0 Å². The molecule has 0 aliphatic rings. The van der Waals surface area contributed by atoms with Gasteiger partial charge in [0.25, 0.3) is 0 Å². The van der Waals surface area contributed by atoms with Crippen molar-refractivity contribution in [3.8, 4) is 5.75 Å². The Kier molecular flexibility index (Phi) is 5.01. The second-order valence-electron chi connectivity index (χ2n) is 4.69. The van der Waals surface area contributed by atoms with Gasteiger partial charge < -0.3 is 9.30 Å². The van der Waals surface area contributed by atoms with Gasteiger partial charge in [-0.1, -0.05) is 11.8 Å². The lowest BCUT2D eigenvalue weighted by atomic mass is 10.1. The maximum atomic E-state index is 11.5. The fourth-order valence-electron chi connectivity index (χ4n) is 1.86. The number of ether oxygens (including phenoxy) is 1. The molecule has 0 spiro atoms. The van der Waals surface area contributed by atoms with Crippen LogP contribution in [-0.4, -0.2) is 27.2 Å². The maximum Gasteiger partial charge on any atom is 0.191 e. The van der Waals surface area contributed by atoms with Crippen molar-refractivity contribution >= 4 is 17.5 Å². The van der Waals surface area contributed by atoms with E-state index in [1.807, 2.05) is 37.6 Å². The lowest BCUT2D eigenvalue weighted by Crippen LogP contribution is -2.00. The van der Waals surface area contributed by atoms with Crippen LogP contribution in [0.25, 0.3) is 0 Å². The van der Waals surface area contributed by atoms with Gasteiger partial charge in [0.2, 0.25) is 0 Å². The van der Waals surface area contributed by atoms with Gasteiger partial charge in [0.15, 0.2) is 10.9 Å². The highest BCUT2D eigenvalue weighted by molar-refractivity contribution is 7.98. The molecule has 0 aliphatic carbocycles. The fourth-order valence-corrected chi connectivity index (χ4v) is 2.80. The summed E-state index contributed by atoms with van der Waals surface area (Å²) in [6.07, 6.45) is 0. The molecule has 0 bridgehead atoms. The monoisotopic (exact) mass is 305 g/mol. The molecule has 6 heteroatoms. The Morgan fingerprint density at radius 1 is 1.38 bits per heavy atom. The third-order valence-electron chi connectivity index (χ3n) is 3.18. The predicted octanol–water partition coefficient (Wildman–Crippen LogP) is 3.02. The molecule has 2 aromatic rings. The maximum absolute atomic E-state index is 11.5. The van der Waals surface area contributed by atoms with Crippen molar-refractivity contribution in [1.29, 1.82) is 0 Å². The van der Waals surface area contributed by atoms with Crippen LogP contribution in [0.4, 0.5) is 0 Å². The summed E-state index contributed by atoms with van der Waals surface area (Å²) in [7, 11) is 1.94. The first-order valence-corrected chi connectivity index (χ1v) is 7.77. The number of carbonyl (C=O) groups excluding carboxylic acids is 1. The number of aryl methyl sites for hydroxylation is 1. The zero-order valence-electron chi connectivity index (χ0n) is 12.7. The highest BCUT2D eigenvalue weighted by Crippen LogP contribution is 2.28. The normalized spacial score (nSPS) is 10.7. The van der Waals surface area contributed by atoms with Crippen LogP contribution in [0.1, 0.15) is 35.6 Å². The van der Waals surface area contributed by atoms with E-state index in [1.54, 1.807) is 24.8 Å². The van der Waals surface area contributed by atoms with Gasteiger partial charge >= 0.3 is 0 Å². The van der Waals surface area contributed by atoms with Crippen LogP contribution in [0.5, 0.6) is 5.75 Å². The van der Waals surface area contributed by atoms with Crippen molar-refractivity contribution in [2.45, 2.75) is 31.7 Å². The van der Waals surface area contributed by atoms with Gasteiger partial charge in [0, 0.05) is 23.9 Å². The van der Waals surface area contributed by atoms with E-state index in [1.165, 1.54) is 0 Å². The minimum Gasteiger partial charge on any atom is -0.494 e. The summed E-state index contributed by atoms with van der Waals surface area (Å²) in [5.41, 5.74) is 1.69. The average molecular weight is 305 g/mol. The summed E-state index contributed by atoms with van der Waals surface area (Å²) in [4.78, 5) is 11.5. The number of aromatic nitrogens is 3. The number of benzene rings is 1. The third kappa shape index (κ3) is 3.64. The first kappa shape index (κ1) is 15.6. The van der Waals surface area contributed by atoms with Crippen LogP contribution in [0.15, 0.2) is 23.4 Å². The molecule has 0 unspecified atom stereocenters. The van der Waals surface area contributed by atoms with Gasteiger partial charge in [-0.2, -0.15) is 0 Å². The molecule has 0 saturated heterocycles. The van der Waals surface area contributed by atoms with Gasteiger partial charge in [-0.05, 0) is 39.0 Å². The van der Waals surface area contributed by atoms with E-state index in [4.69, 9.17) is 4.74 Å². The van der Waals surface area contributed by atoms with Crippen LogP contribution < -0.4 is 4.74 Å².